The first kappa shape index (κ1) is 16.7. The highest BCUT2D eigenvalue weighted by molar-refractivity contribution is 7.90. The number of nitrogens with zero attached hydrogens (tertiary/aromatic N) is 3. The third-order valence-electron chi connectivity index (χ3n) is 4.95. The highest BCUT2D eigenvalue weighted by Crippen LogP contribution is 2.29. The van der Waals surface area contributed by atoms with E-state index in [-0.39, 0.29) is 6.04 Å². The van der Waals surface area contributed by atoms with E-state index in [1.165, 1.54) is 0 Å². The first-order valence-electron chi connectivity index (χ1n) is 8.57. The minimum atomic E-state index is -3.44. The fourth-order valence-corrected chi connectivity index (χ4v) is 5.34. The molecular weight excluding hydrogens is 340 g/mol. The summed E-state index contributed by atoms with van der Waals surface area (Å²) in [5, 5.41) is 3.98. The van der Waals surface area contributed by atoms with Crippen LogP contribution in [0.1, 0.15) is 41.7 Å². The van der Waals surface area contributed by atoms with E-state index >= 15 is 0 Å². The predicted octanol–water partition coefficient (Wildman–Crippen LogP) is 1.35. The van der Waals surface area contributed by atoms with E-state index < -0.39 is 15.3 Å². The fourth-order valence-electron chi connectivity index (χ4n) is 3.73. The normalized spacial score (nSPS) is 20.4. The zero-order valence-electron chi connectivity index (χ0n) is 14.2. The van der Waals surface area contributed by atoms with Crippen molar-refractivity contribution in [2.24, 2.45) is 0 Å². The molecule has 25 heavy (non-hydrogen) atoms. The molecule has 2 heterocycles. The Morgan fingerprint density at radius 3 is 2.68 bits per heavy atom. The Bertz CT molecular complexity index is 853. The first-order valence-corrected chi connectivity index (χ1v) is 10.1. The van der Waals surface area contributed by atoms with E-state index in [0.717, 1.165) is 30.5 Å². The average Bonchev–Trinajstić information content (AvgIpc) is 3.19. The molecule has 0 radical (unpaired) electrons. The van der Waals surface area contributed by atoms with Gasteiger partial charge in [-0.1, -0.05) is 24.3 Å². The molecule has 1 aromatic carbocycles. The third kappa shape index (κ3) is 3.21. The van der Waals surface area contributed by atoms with Gasteiger partial charge in [0.2, 0.25) is 10.0 Å². The van der Waals surface area contributed by atoms with E-state index in [9.17, 15) is 8.42 Å². The number of aromatic nitrogens is 3. The minimum absolute atomic E-state index is 0.319. The first-order chi connectivity index (χ1) is 12.1. The summed E-state index contributed by atoms with van der Waals surface area (Å²) in [6.45, 7) is 1.09. The van der Waals surface area contributed by atoms with Gasteiger partial charge in [0, 0.05) is 13.7 Å². The van der Waals surface area contributed by atoms with Gasteiger partial charge in [-0.3, -0.25) is 0 Å². The quantitative estimate of drug-likeness (QED) is 0.868. The number of methoxy groups -OCH3 is 1. The summed E-state index contributed by atoms with van der Waals surface area (Å²) in [5.41, 5.74) is 2.26. The SMILES string of the molecule is COCc1nc2n(n1)CCCC2NS(=O)(=O)C1Cc2ccccc2C1. The van der Waals surface area contributed by atoms with Gasteiger partial charge in [-0.25, -0.2) is 22.8 Å². The molecular formula is C17H22N4O3S. The Labute approximate surface area is 147 Å². The summed E-state index contributed by atoms with van der Waals surface area (Å²) in [6.07, 6.45) is 2.75. The molecule has 1 unspecified atom stereocenters. The van der Waals surface area contributed by atoms with Gasteiger partial charge in [0.05, 0.1) is 11.3 Å². The lowest BCUT2D eigenvalue weighted by atomic mass is 10.1. The summed E-state index contributed by atoms with van der Waals surface area (Å²) in [4.78, 5) is 4.47. The molecule has 0 saturated carbocycles. The Morgan fingerprint density at radius 2 is 2.00 bits per heavy atom. The number of rotatable bonds is 5. The number of sulfonamides is 1. The van der Waals surface area contributed by atoms with E-state index in [4.69, 9.17) is 4.74 Å². The van der Waals surface area contributed by atoms with Crippen molar-refractivity contribution in [2.75, 3.05) is 7.11 Å². The second-order valence-corrected chi connectivity index (χ2v) is 8.69. The summed E-state index contributed by atoms with van der Waals surface area (Å²) < 4.78 is 35.6. The molecule has 1 aromatic heterocycles. The molecule has 1 aliphatic carbocycles. The number of fused-ring (bicyclic) bond motifs is 2. The van der Waals surface area contributed by atoms with Crippen molar-refractivity contribution in [2.45, 2.75) is 50.1 Å². The number of ether oxygens (including phenoxy) is 1. The second-order valence-electron chi connectivity index (χ2n) is 6.70. The van der Waals surface area contributed by atoms with Crippen molar-refractivity contribution in [1.29, 1.82) is 0 Å². The van der Waals surface area contributed by atoms with Crippen LogP contribution in [0.2, 0.25) is 0 Å². The Morgan fingerprint density at radius 1 is 1.28 bits per heavy atom. The highest BCUT2D eigenvalue weighted by Gasteiger charge is 2.35. The largest absolute Gasteiger partial charge is 0.377 e. The molecule has 2 aromatic rings. The number of benzene rings is 1. The number of aryl methyl sites for hydroxylation is 1. The van der Waals surface area contributed by atoms with Gasteiger partial charge in [0.25, 0.3) is 0 Å². The van der Waals surface area contributed by atoms with Crippen LogP contribution in [-0.2, 0) is 40.8 Å². The molecule has 4 rings (SSSR count). The van der Waals surface area contributed by atoms with Gasteiger partial charge >= 0.3 is 0 Å². The van der Waals surface area contributed by atoms with E-state index in [0.29, 0.717) is 31.1 Å². The lowest BCUT2D eigenvalue weighted by molar-refractivity contribution is 0.177. The van der Waals surface area contributed by atoms with Crippen LogP contribution in [0, 0.1) is 0 Å². The van der Waals surface area contributed by atoms with Gasteiger partial charge < -0.3 is 4.74 Å². The average molecular weight is 362 g/mol. The molecule has 0 bridgehead atoms. The van der Waals surface area contributed by atoms with Crippen LogP contribution in [0.4, 0.5) is 0 Å². The molecule has 0 amide bonds. The number of nitrogens with one attached hydrogen (secondary N) is 1. The lowest BCUT2D eigenvalue weighted by Gasteiger charge is -2.24. The Kier molecular flexibility index (Phi) is 4.35. The molecule has 1 aliphatic heterocycles. The van der Waals surface area contributed by atoms with E-state index in [1.54, 1.807) is 11.8 Å². The molecule has 1 atom stereocenters. The highest BCUT2D eigenvalue weighted by atomic mass is 32.2. The van der Waals surface area contributed by atoms with Crippen molar-refractivity contribution in [3.63, 3.8) is 0 Å². The van der Waals surface area contributed by atoms with Crippen LogP contribution < -0.4 is 4.72 Å². The summed E-state index contributed by atoms with van der Waals surface area (Å²) in [7, 11) is -1.84. The molecule has 8 heteroatoms. The van der Waals surface area contributed by atoms with Crippen LogP contribution in [0.5, 0.6) is 0 Å². The van der Waals surface area contributed by atoms with Crippen molar-refractivity contribution < 1.29 is 13.2 Å². The van der Waals surface area contributed by atoms with Gasteiger partial charge in [-0.05, 0) is 36.8 Å². The minimum Gasteiger partial charge on any atom is -0.377 e. The van der Waals surface area contributed by atoms with Crippen LogP contribution in [-0.4, -0.2) is 35.5 Å². The van der Waals surface area contributed by atoms with Crippen molar-refractivity contribution in [3.8, 4) is 0 Å². The van der Waals surface area contributed by atoms with Gasteiger partial charge in [0.15, 0.2) is 5.82 Å². The zero-order valence-corrected chi connectivity index (χ0v) is 15.0. The second kappa shape index (κ2) is 6.51. The van der Waals surface area contributed by atoms with Crippen LogP contribution >= 0.6 is 0 Å². The third-order valence-corrected chi connectivity index (χ3v) is 6.77. The molecule has 0 spiro atoms. The van der Waals surface area contributed by atoms with Crippen molar-refractivity contribution in [1.82, 2.24) is 19.5 Å². The maximum absolute atomic E-state index is 12.9. The maximum Gasteiger partial charge on any atom is 0.215 e. The van der Waals surface area contributed by atoms with Crippen LogP contribution in [0.3, 0.4) is 0 Å². The monoisotopic (exact) mass is 362 g/mol. The van der Waals surface area contributed by atoms with Crippen molar-refractivity contribution in [3.05, 3.63) is 47.0 Å². The lowest BCUT2D eigenvalue weighted by Crippen LogP contribution is -2.39. The summed E-state index contributed by atoms with van der Waals surface area (Å²) in [5.74, 6) is 1.29. The smallest absolute Gasteiger partial charge is 0.215 e. The zero-order chi connectivity index (χ0) is 17.4. The van der Waals surface area contributed by atoms with Gasteiger partial charge in [-0.2, -0.15) is 5.10 Å². The molecule has 7 nitrogen and oxygen atoms in total. The molecule has 2 aliphatic rings. The summed E-state index contributed by atoms with van der Waals surface area (Å²) in [6, 6.07) is 7.63. The van der Waals surface area contributed by atoms with E-state index in [2.05, 4.69) is 14.8 Å². The van der Waals surface area contributed by atoms with Crippen LogP contribution in [0.25, 0.3) is 0 Å². The number of hydrogen-bond acceptors (Lipinski definition) is 5. The fraction of sp³-hybridized carbons (Fsp3) is 0.529. The molecule has 0 fully saturated rings. The van der Waals surface area contributed by atoms with E-state index in [1.807, 2.05) is 24.3 Å². The standard InChI is InChI=1S/C17H22N4O3S/c1-24-11-16-18-17-15(7-4-8-21(17)19-16)20-25(22,23)14-9-12-5-2-3-6-13(12)10-14/h2-3,5-6,14-15,20H,4,7-11H2,1H3. The van der Waals surface area contributed by atoms with Gasteiger partial charge in [-0.15, -0.1) is 0 Å². The Balaban J connectivity index is 1.53. The number of hydrogen-bond donors (Lipinski definition) is 1. The maximum atomic E-state index is 12.9. The van der Waals surface area contributed by atoms with Gasteiger partial charge in [0.1, 0.15) is 12.4 Å². The summed E-state index contributed by atoms with van der Waals surface area (Å²) >= 11 is 0. The van der Waals surface area contributed by atoms with Crippen molar-refractivity contribution >= 4 is 10.0 Å². The molecule has 0 saturated heterocycles. The Hall–Kier alpha value is -1.77. The topological polar surface area (TPSA) is 86.1 Å². The molecule has 134 valence electrons. The molecule has 1 N–H and O–H groups in total. The predicted molar refractivity (Wildman–Crippen MR) is 92.4 cm³/mol. The van der Waals surface area contributed by atoms with Crippen LogP contribution in [0.15, 0.2) is 24.3 Å².